The van der Waals surface area contributed by atoms with Gasteiger partial charge in [0.2, 0.25) is 5.91 Å². The number of likely N-dealkylation sites (tertiary alicyclic amines) is 1. The summed E-state index contributed by atoms with van der Waals surface area (Å²) in [5, 5.41) is 10.6. The van der Waals surface area contributed by atoms with Crippen molar-refractivity contribution in [2.75, 3.05) is 18.8 Å². The minimum absolute atomic E-state index is 0.266. The maximum Gasteiger partial charge on any atom is 0.234 e. The van der Waals surface area contributed by atoms with Crippen molar-refractivity contribution < 1.29 is 9.90 Å². The lowest BCUT2D eigenvalue weighted by Crippen LogP contribution is -2.57. The van der Waals surface area contributed by atoms with Gasteiger partial charge in [-0.05, 0) is 36.8 Å². The number of carbonyl (C=O) groups excluding carboxylic acids is 1. The number of nitrogens with zero attached hydrogens (tertiary/aromatic N) is 1. The highest BCUT2D eigenvalue weighted by molar-refractivity contribution is 7.99. The third-order valence-corrected chi connectivity index (χ3v) is 7.09. The third kappa shape index (κ3) is 5.00. The van der Waals surface area contributed by atoms with E-state index in [0.717, 1.165) is 17.9 Å². The number of amides is 1. The summed E-state index contributed by atoms with van der Waals surface area (Å²) in [7, 11) is 0. The molecule has 26 heavy (non-hydrogen) atoms. The molecule has 2 aliphatic rings. The topological polar surface area (TPSA) is 92.6 Å². The number of aliphatic hydroxyl groups is 1. The van der Waals surface area contributed by atoms with E-state index in [1.807, 2.05) is 30.3 Å². The minimum Gasteiger partial charge on any atom is -0.390 e. The van der Waals surface area contributed by atoms with E-state index in [-0.39, 0.29) is 18.0 Å². The predicted molar refractivity (Wildman–Crippen MR) is 106 cm³/mol. The second-order valence-corrected chi connectivity index (χ2v) is 8.86. The second-order valence-electron chi connectivity index (χ2n) is 7.77. The highest BCUT2D eigenvalue weighted by atomic mass is 32.2. The molecule has 2 fully saturated rings. The number of benzene rings is 1. The van der Waals surface area contributed by atoms with Crippen molar-refractivity contribution in [2.45, 2.75) is 55.2 Å². The van der Waals surface area contributed by atoms with Crippen LogP contribution in [0.4, 0.5) is 0 Å². The van der Waals surface area contributed by atoms with Gasteiger partial charge >= 0.3 is 0 Å². The summed E-state index contributed by atoms with van der Waals surface area (Å²) in [5.74, 6) is 1.61. The molecule has 5 unspecified atom stereocenters. The molecule has 1 aliphatic heterocycles. The van der Waals surface area contributed by atoms with Crippen LogP contribution in [0, 0.1) is 11.8 Å². The van der Waals surface area contributed by atoms with Crippen molar-refractivity contribution in [1.29, 1.82) is 0 Å². The van der Waals surface area contributed by atoms with Crippen LogP contribution in [0.3, 0.4) is 0 Å². The zero-order valence-corrected chi connectivity index (χ0v) is 16.1. The molecule has 3 rings (SSSR count). The molecule has 1 heterocycles. The molecule has 1 saturated heterocycles. The van der Waals surface area contributed by atoms with E-state index in [4.69, 9.17) is 11.5 Å². The second kappa shape index (κ2) is 9.22. The third-order valence-electron chi connectivity index (χ3n) is 5.93. The van der Waals surface area contributed by atoms with Crippen LogP contribution in [-0.2, 0) is 4.79 Å². The number of β-amino-alcohol motifs (C(OH)–C–C–N with tert-alkyl or cyclic N) is 1. The van der Waals surface area contributed by atoms with E-state index in [2.05, 4.69) is 4.90 Å². The Hall–Kier alpha value is -1.08. The Morgan fingerprint density at radius 2 is 1.92 bits per heavy atom. The molecule has 0 bridgehead atoms. The molecule has 5 atom stereocenters. The first kappa shape index (κ1) is 19.7. The van der Waals surface area contributed by atoms with Crippen molar-refractivity contribution in [3.05, 3.63) is 30.3 Å². The Morgan fingerprint density at radius 1 is 1.23 bits per heavy atom. The number of rotatable bonds is 7. The van der Waals surface area contributed by atoms with Gasteiger partial charge in [0.1, 0.15) is 0 Å². The smallest absolute Gasteiger partial charge is 0.234 e. The summed E-state index contributed by atoms with van der Waals surface area (Å²) in [6.07, 6.45) is 5.13. The van der Waals surface area contributed by atoms with E-state index in [1.54, 1.807) is 11.8 Å². The number of carbonyl (C=O) groups is 1. The largest absolute Gasteiger partial charge is 0.390 e. The lowest BCUT2D eigenvalue weighted by molar-refractivity contribution is -0.127. The van der Waals surface area contributed by atoms with Gasteiger partial charge in [-0.2, -0.15) is 0 Å². The summed E-state index contributed by atoms with van der Waals surface area (Å²) in [6.45, 7) is 1.28. The Labute approximate surface area is 160 Å². The van der Waals surface area contributed by atoms with E-state index in [9.17, 15) is 9.90 Å². The van der Waals surface area contributed by atoms with Crippen LogP contribution in [0.5, 0.6) is 0 Å². The van der Waals surface area contributed by atoms with Gasteiger partial charge in [-0.3, -0.25) is 9.69 Å². The van der Waals surface area contributed by atoms with Crippen LogP contribution in [0.25, 0.3) is 0 Å². The molecule has 0 radical (unpaired) electrons. The van der Waals surface area contributed by atoms with E-state index < -0.39 is 6.10 Å². The first-order chi connectivity index (χ1) is 12.5. The van der Waals surface area contributed by atoms with Crippen molar-refractivity contribution in [1.82, 2.24) is 4.90 Å². The number of aliphatic hydroxyl groups excluding tert-OH is 1. The zero-order chi connectivity index (χ0) is 18.5. The maximum absolute atomic E-state index is 12.0. The summed E-state index contributed by atoms with van der Waals surface area (Å²) in [4.78, 5) is 15.2. The Balaban J connectivity index is 1.55. The quantitative estimate of drug-likeness (QED) is 0.631. The molecule has 1 aromatic rings. The summed E-state index contributed by atoms with van der Waals surface area (Å²) < 4.78 is 0. The average Bonchev–Trinajstić information content (AvgIpc) is 2.66. The number of nitrogens with two attached hydrogens (primary N) is 2. The Morgan fingerprint density at radius 3 is 2.62 bits per heavy atom. The fourth-order valence-corrected chi connectivity index (χ4v) is 5.35. The number of hydrogen-bond acceptors (Lipinski definition) is 5. The van der Waals surface area contributed by atoms with Crippen molar-refractivity contribution in [2.24, 2.45) is 23.3 Å². The molecule has 0 aromatic heterocycles. The van der Waals surface area contributed by atoms with Gasteiger partial charge in [0.05, 0.1) is 12.1 Å². The monoisotopic (exact) mass is 377 g/mol. The molecule has 5 nitrogen and oxygen atoms in total. The molecule has 6 heteroatoms. The molecular weight excluding hydrogens is 346 g/mol. The first-order valence-corrected chi connectivity index (χ1v) is 10.7. The van der Waals surface area contributed by atoms with E-state index in [0.29, 0.717) is 24.1 Å². The van der Waals surface area contributed by atoms with Crippen LogP contribution in [0.15, 0.2) is 35.2 Å². The van der Waals surface area contributed by atoms with Crippen molar-refractivity contribution >= 4 is 17.7 Å². The van der Waals surface area contributed by atoms with E-state index in [1.165, 1.54) is 25.7 Å². The van der Waals surface area contributed by atoms with Gasteiger partial charge in [-0.15, -0.1) is 11.8 Å². The van der Waals surface area contributed by atoms with Crippen molar-refractivity contribution in [3.63, 3.8) is 0 Å². The van der Waals surface area contributed by atoms with Crippen LogP contribution in [0.1, 0.15) is 32.1 Å². The van der Waals surface area contributed by atoms with Crippen LogP contribution in [-0.4, -0.2) is 52.9 Å². The van der Waals surface area contributed by atoms with Gasteiger partial charge in [-0.25, -0.2) is 0 Å². The first-order valence-electron chi connectivity index (χ1n) is 9.69. The summed E-state index contributed by atoms with van der Waals surface area (Å²) in [5.41, 5.74) is 11.9. The lowest BCUT2D eigenvalue weighted by Gasteiger charge is -2.45. The predicted octanol–water partition coefficient (Wildman–Crippen LogP) is 1.83. The highest BCUT2D eigenvalue weighted by Gasteiger charge is 2.39. The zero-order valence-electron chi connectivity index (χ0n) is 15.3. The summed E-state index contributed by atoms with van der Waals surface area (Å²) >= 11 is 1.65. The molecule has 1 saturated carbocycles. The van der Waals surface area contributed by atoms with Gasteiger partial charge in [0, 0.05) is 29.8 Å². The Kier molecular flexibility index (Phi) is 6.98. The molecule has 0 spiro atoms. The molecule has 1 amide bonds. The summed E-state index contributed by atoms with van der Waals surface area (Å²) in [6, 6.07) is 9.46. The Bertz CT molecular complexity index is 586. The van der Waals surface area contributed by atoms with Crippen LogP contribution in [0.2, 0.25) is 0 Å². The fraction of sp³-hybridized carbons (Fsp3) is 0.650. The van der Waals surface area contributed by atoms with Gasteiger partial charge < -0.3 is 16.6 Å². The van der Waals surface area contributed by atoms with E-state index >= 15 is 0 Å². The SMILES string of the molecule is NC(=O)C1CC2CCCCC2CN1CC(O)C(N)CSc1ccccc1. The van der Waals surface area contributed by atoms with Gasteiger partial charge in [0.25, 0.3) is 0 Å². The number of thioether (sulfide) groups is 1. The molecular formula is C20H31N3O2S. The minimum atomic E-state index is -0.659. The number of primary amides is 1. The molecule has 5 N–H and O–H groups in total. The molecule has 144 valence electrons. The van der Waals surface area contributed by atoms with Gasteiger partial charge in [0.15, 0.2) is 0 Å². The molecule has 1 aliphatic carbocycles. The van der Waals surface area contributed by atoms with Crippen LogP contribution >= 0.6 is 11.8 Å². The maximum atomic E-state index is 12.0. The lowest BCUT2D eigenvalue weighted by atomic mass is 9.72. The standard InChI is InChI=1S/C20H31N3O2S/c21-17(13-26-16-8-2-1-3-9-16)19(24)12-23-11-15-7-5-4-6-14(15)10-18(23)20(22)25/h1-3,8-9,14-15,17-19,24H,4-7,10-13,21H2,(H2,22,25). The van der Waals surface area contributed by atoms with Crippen LogP contribution < -0.4 is 11.5 Å². The average molecular weight is 378 g/mol. The number of piperidine rings is 1. The highest BCUT2D eigenvalue weighted by Crippen LogP contribution is 2.38. The molecule has 1 aromatic carbocycles. The number of fused-ring (bicyclic) bond motifs is 1. The van der Waals surface area contributed by atoms with Gasteiger partial charge in [-0.1, -0.05) is 37.5 Å². The fourth-order valence-electron chi connectivity index (χ4n) is 4.39. The number of hydrogen-bond donors (Lipinski definition) is 3. The van der Waals surface area contributed by atoms with Crippen molar-refractivity contribution in [3.8, 4) is 0 Å². The normalized spacial score (nSPS) is 28.9.